The minimum Gasteiger partial charge on any atom is -0.493 e. The summed E-state index contributed by atoms with van der Waals surface area (Å²) in [5.41, 5.74) is 10.0. The zero-order valence-electron chi connectivity index (χ0n) is 30.4. The predicted molar refractivity (Wildman–Crippen MR) is 219 cm³/mol. The number of carbonyl (C=O) groups is 3. The minimum absolute atomic E-state index is 0.0792. The Labute approximate surface area is 328 Å². The zero-order valence-corrected chi connectivity index (χ0v) is 32.6. The first-order valence-corrected chi connectivity index (χ1v) is 19.3. The lowest BCUT2D eigenvalue weighted by Gasteiger charge is -2.44. The number of hydrogen-bond donors (Lipinski definition) is 1. The van der Waals surface area contributed by atoms with E-state index < -0.39 is 17.8 Å². The third-order valence-electron chi connectivity index (χ3n) is 10.9. The highest BCUT2D eigenvalue weighted by Crippen LogP contribution is 2.50. The molecule has 8 rings (SSSR count). The number of urea groups is 1. The van der Waals surface area contributed by atoms with Gasteiger partial charge in [0, 0.05) is 30.6 Å². The molecule has 5 aromatic rings. The number of nitrogens with zero attached hydrogens (tertiary/aromatic N) is 2. The van der Waals surface area contributed by atoms with Gasteiger partial charge in [0.05, 0.1) is 16.4 Å². The summed E-state index contributed by atoms with van der Waals surface area (Å²) >= 11 is 2.17. The fourth-order valence-electron chi connectivity index (χ4n) is 8.04. The number of halogens is 1. The fourth-order valence-corrected chi connectivity index (χ4v) is 8.82. The van der Waals surface area contributed by atoms with Crippen molar-refractivity contribution in [3.63, 3.8) is 0 Å². The molecule has 1 N–H and O–H groups in total. The Bertz CT molecular complexity index is 2250. The Morgan fingerprint density at radius 2 is 1.43 bits per heavy atom. The summed E-state index contributed by atoms with van der Waals surface area (Å²) in [6, 6.07) is 33.8. The second kappa shape index (κ2) is 14.8. The van der Waals surface area contributed by atoms with Gasteiger partial charge < -0.3 is 14.4 Å². The van der Waals surface area contributed by atoms with E-state index in [1.165, 1.54) is 34.0 Å². The summed E-state index contributed by atoms with van der Waals surface area (Å²) in [6.07, 6.45) is 3.33. The fraction of sp³-hybridized carbons (Fsp3) is 0.222. The van der Waals surface area contributed by atoms with Crippen molar-refractivity contribution in [2.45, 2.75) is 45.1 Å². The second-order valence-corrected chi connectivity index (χ2v) is 15.3. The van der Waals surface area contributed by atoms with Crippen LogP contribution < -0.4 is 24.6 Å². The predicted octanol–water partition coefficient (Wildman–Crippen LogP) is 9.04. The van der Waals surface area contributed by atoms with E-state index in [1.807, 2.05) is 36.4 Å². The van der Waals surface area contributed by atoms with E-state index in [1.54, 1.807) is 13.2 Å². The number of nitrogens with one attached hydrogen (secondary N) is 1. The quantitative estimate of drug-likeness (QED) is 0.0955. The van der Waals surface area contributed by atoms with Gasteiger partial charge in [-0.1, -0.05) is 78.9 Å². The molecular weight excluding hydrogens is 789 g/mol. The van der Waals surface area contributed by atoms with Crippen LogP contribution in [0.25, 0.3) is 6.08 Å². The van der Waals surface area contributed by atoms with E-state index in [0.717, 1.165) is 51.1 Å². The summed E-state index contributed by atoms with van der Waals surface area (Å²) in [4.78, 5) is 45.1. The first-order valence-electron chi connectivity index (χ1n) is 18.2. The van der Waals surface area contributed by atoms with E-state index in [9.17, 15) is 14.4 Å². The van der Waals surface area contributed by atoms with Gasteiger partial charge in [0.15, 0.2) is 11.5 Å². The molecule has 0 bridgehead atoms. The van der Waals surface area contributed by atoms with Crippen molar-refractivity contribution >= 4 is 57.9 Å². The number of benzene rings is 5. The van der Waals surface area contributed by atoms with Gasteiger partial charge in [0.1, 0.15) is 12.2 Å². The highest BCUT2D eigenvalue weighted by molar-refractivity contribution is 14.1. The van der Waals surface area contributed by atoms with Gasteiger partial charge in [-0.25, -0.2) is 9.69 Å². The van der Waals surface area contributed by atoms with Gasteiger partial charge >= 0.3 is 6.03 Å². The molecule has 3 heterocycles. The molecule has 1 fully saturated rings. The van der Waals surface area contributed by atoms with Crippen LogP contribution in [0, 0.1) is 17.4 Å². The number of carbonyl (C=O) groups excluding carboxylic acids is 3. The van der Waals surface area contributed by atoms with Crippen molar-refractivity contribution in [2.75, 3.05) is 30.0 Å². The van der Waals surface area contributed by atoms with Gasteiger partial charge in [-0.05, 0) is 124 Å². The first-order chi connectivity index (χ1) is 26.2. The molecule has 3 aliphatic heterocycles. The molecule has 0 saturated carbocycles. The molecule has 272 valence electrons. The average molecular weight is 830 g/mol. The number of anilines is 2. The Kier molecular flexibility index (Phi) is 9.74. The molecule has 8 nitrogen and oxygen atoms in total. The van der Waals surface area contributed by atoms with Crippen LogP contribution in [-0.4, -0.2) is 38.0 Å². The summed E-state index contributed by atoms with van der Waals surface area (Å²) in [5, 5.41) is 2.45. The highest BCUT2D eigenvalue weighted by atomic mass is 127. The van der Waals surface area contributed by atoms with Gasteiger partial charge in [0.2, 0.25) is 0 Å². The number of rotatable bonds is 8. The Morgan fingerprint density at radius 3 is 2.02 bits per heavy atom. The standard InChI is InChI=1S/C45H40IN3O5/c1-27-14-15-29(20-28(27)2)26-54-42-39(46)22-30(23-40(42)53-3)21-38-43(50)47-45(52)49(44(38)51)33-24-36-34(31-10-6-4-7-11-31)16-18-48-19-17-35(37(25-33)41(36)48)32-12-8-5-9-13-32/h4-15,20-25,34-35H,16-19,26H2,1-3H3,(H,47,50,52)/b38-21+/t34-,35+. The SMILES string of the molecule is COc1cc(/C=C2\C(=O)NC(=O)N(c3cc4c5c(c3)[C@H](c3ccccc3)CCN5CC[C@@H]4c3ccccc3)C2=O)cc(I)c1OCc1ccc(C)c(C)c1. The molecule has 0 radical (unpaired) electrons. The van der Waals surface area contributed by atoms with Crippen LogP contribution in [0.1, 0.15) is 69.2 Å². The average Bonchev–Trinajstić information content (AvgIpc) is 3.18. The zero-order chi connectivity index (χ0) is 37.5. The molecule has 0 unspecified atom stereocenters. The number of aryl methyl sites for hydroxylation is 2. The van der Waals surface area contributed by atoms with Gasteiger partial charge in [-0.15, -0.1) is 0 Å². The Hall–Kier alpha value is -5.42. The molecule has 0 aliphatic carbocycles. The molecule has 4 amide bonds. The number of amides is 4. The summed E-state index contributed by atoms with van der Waals surface area (Å²) in [5.74, 6) is -0.249. The summed E-state index contributed by atoms with van der Waals surface area (Å²) in [6.45, 7) is 6.33. The molecular formula is C45H40IN3O5. The topological polar surface area (TPSA) is 88.2 Å². The van der Waals surface area contributed by atoms with Gasteiger partial charge in [-0.2, -0.15) is 0 Å². The number of methoxy groups -OCH3 is 1. The van der Waals surface area contributed by atoms with Crippen molar-refractivity contribution in [1.29, 1.82) is 0 Å². The lowest BCUT2D eigenvalue weighted by atomic mass is 9.76. The maximum atomic E-state index is 14.4. The monoisotopic (exact) mass is 829 g/mol. The minimum atomic E-state index is -0.771. The number of imide groups is 2. The van der Waals surface area contributed by atoms with E-state index in [4.69, 9.17) is 9.47 Å². The van der Waals surface area contributed by atoms with Crippen LogP contribution in [0.5, 0.6) is 11.5 Å². The van der Waals surface area contributed by atoms with Crippen LogP contribution in [0.2, 0.25) is 0 Å². The maximum Gasteiger partial charge on any atom is 0.335 e. The van der Waals surface area contributed by atoms with Crippen LogP contribution in [-0.2, 0) is 16.2 Å². The number of hydrogen-bond acceptors (Lipinski definition) is 6. The summed E-state index contributed by atoms with van der Waals surface area (Å²) in [7, 11) is 1.55. The van der Waals surface area contributed by atoms with Gasteiger partial charge in [-0.3, -0.25) is 14.9 Å². The molecule has 1 saturated heterocycles. The molecule has 3 aliphatic rings. The van der Waals surface area contributed by atoms with Crippen molar-refractivity contribution in [1.82, 2.24) is 5.32 Å². The van der Waals surface area contributed by atoms with Crippen molar-refractivity contribution < 1.29 is 23.9 Å². The first kappa shape index (κ1) is 35.6. The summed E-state index contributed by atoms with van der Waals surface area (Å²) < 4.78 is 12.7. The van der Waals surface area contributed by atoms with Crippen LogP contribution >= 0.6 is 22.6 Å². The number of barbiturate groups is 1. The highest BCUT2D eigenvalue weighted by Gasteiger charge is 2.40. The molecule has 54 heavy (non-hydrogen) atoms. The van der Waals surface area contributed by atoms with E-state index in [2.05, 4.69) is 107 Å². The molecule has 2 atom stereocenters. The third kappa shape index (κ3) is 6.66. The Balaban J connectivity index is 1.18. The van der Waals surface area contributed by atoms with Crippen molar-refractivity contribution in [2.24, 2.45) is 0 Å². The van der Waals surface area contributed by atoms with Crippen LogP contribution in [0.4, 0.5) is 16.2 Å². The van der Waals surface area contributed by atoms with E-state index >= 15 is 0 Å². The second-order valence-electron chi connectivity index (χ2n) is 14.2. The lowest BCUT2D eigenvalue weighted by molar-refractivity contribution is -0.122. The maximum absolute atomic E-state index is 14.4. The van der Waals surface area contributed by atoms with Crippen LogP contribution in [0.3, 0.4) is 0 Å². The van der Waals surface area contributed by atoms with Crippen molar-refractivity contribution in [3.05, 3.63) is 157 Å². The molecule has 0 spiro atoms. The smallest absolute Gasteiger partial charge is 0.335 e. The third-order valence-corrected chi connectivity index (χ3v) is 11.7. The van der Waals surface area contributed by atoms with E-state index in [0.29, 0.717) is 29.4 Å². The number of ether oxygens (including phenoxy) is 2. The van der Waals surface area contributed by atoms with Gasteiger partial charge in [0.25, 0.3) is 11.8 Å². The molecule has 9 heteroatoms. The lowest BCUT2D eigenvalue weighted by Crippen LogP contribution is -2.54. The normalized spacial score (nSPS) is 18.7. The van der Waals surface area contributed by atoms with Crippen LogP contribution in [0.15, 0.2) is 109 Å². The Morgan fingerprint density at radius 1 is 0.796 bits per heavy atom. The molecule has 0 aromatic heterocycles. The molecule has 5 aromatic carbocycles. The largest absolute Gasteiger partial charge is 0.493 e. The van der Waals surface area contributed by atoms with Crippen molar-refractivity contribution in [3.8, 4) is 11.5 Å². The van der Waals surface area contributed by atoms with E-state index in [-0.39, 0.29) is 17.4 Å².